The van der Waals surface area contributed by atoms with E-state index in [0.29, 0.717) is 0 Å². The molecule has 0 heterocycles. The fourth-order valence-electron chi connectivity index (χ4n) is 2.76. The molecule has 0 unspecified atom stereocenters. The largest absolute Gasteiger partial charge is 0.416 e. The number of alkyl halides is 6. The van der Waals surface area contributed by atoms with Crippen LogP contribution >= 0.6 is 0 Å². The van der Waals surface area contributed by atoms with Gasteiger partial charge in [0.1, 0.15) is 0 Å². The van der Waals surface area contributed by atoms with Crippen molar-refractivity contribution in [3.63, 3.8) is 0 Å². The molecule has 0 aliphatic rings. The lowest BCUT2D eigenvalue weighted by atomic mass is 10.2. The first-order valence-electron chi connectivity index (χ1n) is 9.51. The van der Waals surface area contributed by atoms with Gasteiger partial charge in [-0.2, -0.15) is 26.3 Å². The molecule has 0 aliphatic carbocycles. The highest BCUT2D eigenvalue weighted by molar-refractivity contribution is 6.06. The van der Waals surface area contributed by atoms with Crippen LogP contribution in [0.3, 0.4) is 0 Å². The Labute approximate surface area is 189 Å². The van der Waals surface area contributed by atoms with Crippen molar-refractivity contribution in [2.24, 2.45) is 0 Å². The minimum atomic E-state index is -4.51. The highest BCUT2D eigenvalue weighted by Crippen LogP contribution is 2.31. The number of hydrogen-bond donors (Lipinski definition) is 4. The van der Waals surface area contributed by atoms with Gasteiger partial charge in [0.25, 0.3) is 0 Å². The smallest absolute Gasteiger partial charge is 0.308 e. The zero-order chi connectivity index (χ0) is 24.9. The number of urea groups is 2. The van der Waals surface area contributed by atoms with Gasteiger partial charge in [0.15, 0.2) is 0 Å². The summed E-state index contributed by atoms with van der Waals surface area (Å²) < 4.78 is 75.8. The Bertz CT molecular complexity index is 1070. The Kier molecular flexibility index (Phi) is 6.99. The summed E-state index contributed by atoms with van der Waals surface area (Å²) in [6, 6.07) is 12.1. The molecule has 34 heavy (non-hydrogen) atoms. The molecule has 0 saturated heterocycles. The Morgan fingerprint density at radius 2 is 0.824 bits per heavy atom. The number of amides is 4. The normalized spacial score (nSPS) is 11.5. The van der Waals surface area contributed by atoms with E-state index in [9.17, 15) is 35.9 Å². The second kappa shape index (κ2) is 9.73. The van der Waals surface area contributed by atoms with Crippen molar-refractivity contribution in [3.8, 4) is 0 Å². The fourth-order valence-corrected chi connectivity index (χ4v) is 2.76. The number of nitrogens with one attached hydrogen (secondary N) is 4. The Morgan fingerprint density at radius 1 is 0.500 bits per heavy atom. The molecule has 0 atom stereocenters. The predicted molar refractivity (Wildman–Crippen MR) is 115 cm³/mol. The summed E-state index contributed by atoms with van der Waals surface area (Å²) in [6.45, 7) is 0. The molecule has 0 aromatic heterocycles. The van der Waals surface area contributed by atoms with Gasteiger partial charge in [0, 0.05) is 11.4 Å². The van der Waals surface area contributed by atoms with Crippen molar-refractivity contribution < 1.29 is 35.9 Å². The molecule has 0 saturated carbocycles. The van der Waals surface area contributed by atoms with Crippen LogP contribution in [0.5, 0.6) is 0 Å². The highest BCUT2D eigenvalue weighted by Gasteiger charge is 2.30. The Balaban J connectivity index is 1.61. The number of para-hydroxylation sites is 2. The lowest BCUT2D eigenvalue weighted by molar-refractivity contribution is -0.138. The van der Waals surface area contributed by atoms with E-state index in [2.05, 4.69) is 21.3 Å². The summed E-state index contributed by atoms with van der Waals surface area (Å²) in [4.78, 5) is 24.5. The minimum Gasteiger partial charge on any atom is -0.308 e. The molecule has 6 nitrogen and oxygen atoms in total. The zero-order valence-electron chi connectivity index (χ0n) is 17.0. The van der Waals surface area contributed by atoms with Gasteiger partial charge in [0.05, 0.1) is 22.5 Å². The lowest BCUT2D eigenvalue weighted by Crippen LogP contribution is -2.23. The van der Waals surface area contributed by atoms with E-state index in [4.69, 9.17) is 0 Å². The van der Waals surface area contributed by atoms with E-state index in [-0.39, 0.29) is 22.7 Å². The van der Waals surface area contributed by atoms with Gasteiger partial charge in [-0.05, 0) is 60.7 Å². The van der Waals surface area contributed by atoms with Crippen molar-refractivity contribution in [1.29, 1.82) is 0 Å². The first-order chi connectivity index (χ1) is 15.9. The highest BCUT2D eigenvalue weighted by atomic mass is 19.4. The van der Waals surface area contributed by atoms with E-state index in [1.54, 1.807) is 12.1 Å². The first-order valence-corrected chi connectivity index (χ1v) is 9.51. The summed E-state index contributed by atoms with van der Waals surface area (Å²) in [6.07, 6.45) is -9.02. The van der Waals surface area contributed by atoms with Crippen LogP contribution in [0.2, 0.25) is 0 Å². The quantitative estimate of drug-likeness (QED) is 0.302. The number of carbonyl (C=O) groups excluding carboxylic acids is 2. The number of carbonyl (C=O) groups is 2. The zero-order valence-corrected chi connectivity index (χ0v) is 17.0. The maximum atomic E-state index is 12.6. The van der Waals surface area contributed by atoms with Crippen LogP contribution in [0.1, 0.15) is 11.1 Å². The molecule has 4 amide bonds. The van der Waals surface area contributed by atoms with Gasteiger partial charge < -0.3 is 21.3 Å². The molecule has 3 rings (SSSR count). The summed E-state index contributed by atoms with van der Waals surface area (Å²) in [5.74, 6) is 0. The van der Waals surface area contributed by atoms with Crippen LogP contribution in [0, 0.1) is 0 Å². The predicted octanol–water partition coefficient (Wildman–Crippen LogP) is 7.01. The van der Waals surface area contributed by atoms with Crippen LogP contribution < -0.4 is 21.3 Å². The van der Waals surface area contributed by atoms with Crippen LogP contribution in [-0.4, -0.2) is 12.1 Å². The Hall–Kier alpha value is -4.22. The summed E-state index contributed by atoms with van der Waals surface area (Å²) in [5.41, 5.74) is -1.20. The average molecular weight is 482 g/mol. The molecule has 178 valence electrons. The third kappa shape index (κ3) is 6.64. The van der Waals surface area contributed by atoms with E-state index in [1.165, 1.54) is 12.1 Å². The number of anilines is 4. The van der Waals surface area contributed by atoms with Gasteiger partial charge >= 0.3 is 24.4 Å². The number of benzene rings is 3. The van der Waals surface area contributed by atoms with Crippen molar-refractivity contribution in [1.82, 2.24) is 0 Å². The van der Waals surface area contributed by atoms with Gasteiger partial charge in [-0.3, -0.25) is 0 Å². The maximum Gasteiger partial charge on any atom is 0.416 e. The van der Waals surface area contributed by atoms with Gasteiger partial charge in [0.2, 0.25) is 0 Å². The van der Waals surface area contributed by atoms with Crippen LogP contribution in [0.25, 0.3) is 0 Å². The molecule has 0 radical (unpaired) electrons. The summed E-state index contributed by atoms with van der Waals surface area (Å²) >= 11 is 0. The van der Waals surface area contributed by atoms with E-state index < -0.39 is 35.5 Å². The molecular weight excluding hydrogens is 466 g/mol. The molecule has 0 bridgehead atoms. The Morgan fingerprint density at radius 3 is 1.12 bits per heavy atom. The molecule has 3 aromatic carbocycles. The third-order valence-corrected chi connectivity index (χ3v) is 4.36. The lowest BCUT2D eigenvalue weighted by Gasteiger charge is -2.14. The number of rotatable bonds is 4. The van der Waals surface area contributed by atoms with Crippen molar-refractivity contribution in [2.45, 2.75) is 12.4 Å². The van der Waals surface area contributed by atoms with E-state index in [1.807, 2.05) is 0 Å². The van der Waals surface area contributed by atoms with Crippen molar-refractivity contribution in [3.05, 3.63) is 83.9 Å². The number of halogens is 6. The molecule has 0 aliphatic heterocycles. The second-order valence-electron chi connectivity index (χ2n) is 6.85. The van der Waals surface area contributed by atoms with Crippen LogP contribution in [0.4, 0.5) is 58.7 Å². The molecule has 0 spiro atoms. The van der Waals surface area contributed by atoms with E-state index >= 15 is 0 Å². The first kappa shape index (κ1) is 24.4. The van der Waals surface area contributed by atoms with Crippen LogP contribution in [0.15, 0.2) is 72.8 Å². The molecule has 12 heteroatoms. The summed E-state index contributed by atoms with van der Waals surface area (Å²) in [5, 5.41) is 9.65. The fraction of sp³-hybridized carbons (Fsp3) is 0.0909. The minimum absolute atomic E-state index is 0.107. The van der Waals surface area contributed by atoms with Crippen molar-refractivity contribution in [2.75, 3.05) is 21.3 Å². The van der Waals surface area contributed by atoms with Gasteiger partial charge in [-0.25, -0.2) is 9.59 Å². The van der Waals surface area contributed by atoms with Gasteiger partial charge in [-0.15, -0.1) is 0 Å². The number of hydrogen-bond acceptors (Lipinski definition) is 2. The molecule has 0 fully saturated rings. The SMILES string of the molecule is O=C(Nc1ccc(C(F)(F)F)cc1)Nc1ccccc1NC(=O)Nc1ccc(C(F)(F)F)cc1. The second-order valence-corrected chi connectivity index (χ2v) is 6.85. The summed E-state index contributed by atoms with van der Waals surface area (Å²) in [7, 11) is 0. The topological polar surface area (TPSA) is 82.3 Å². The van der Waals surface area contributed by atoms with Crippen LogP contribution in [-0.2, 0) is 12.4 Å². The molecule has 4 N–H and O–H groups in total. The molecular formula is C22H16F6N4O2. The van der Waals surface area contributed by atoms with E-state index in [0.717, 1.165) is 48.5 Å². The van der Waals surface area contributed by atoms with Crippen molar-refractivity contribution >= 4 is 34.8 Å². The monoisotopic (exact) mass is 482 g/mol. The third-order valence-electron chi connectivity index (χ3n) is 4.36. The van der Waals surface area contributed by atoms with Gasteiger partial charge in [-0.1, -0.05) is 12.1 Å². The molecule has 3 aromatic rings. The maximum absolute atomic E-state index is 12.6. The standard InChI is InChI=1S/C22H16F6N4O2/c23-21(24,25)13-5-9-15(10-6-13)29-19(33)31-17-3-1-2-4-18(17)32-20(34)30-16-11-7-14(8-12-16)22(26,27)28/h1-12H,(H2,29,31,33)(H2,30,32,34). The average Bonchev–Trinajstić information content (AvgIpc) is 2.74.